The Balaban J connectivity index is 1.86. The third kappa shape index (κ3) is 4.26. The van der Waals surface area contributed by atoms with Crippen LogP contribution in [0.1, 0.15) is 58.9 Å². The van der Waals surface area contributed by atoms with Crippen LogP contribution < -0.4 is 5.32 Å². The molecule has 0 amide bonds. The van der Waals surface area contributed by atoms with Crippen LogP contribution in [0.5, 0.6) is 0 Å². The largest absolute Gasteiger partial charge is 0.385 e. The molecule has 1 aliphatic carbocycles. The molecule has 1 fully saturated rings. The third-order valence-corrected chi connectivity index (χ3v) is 4.39. The fourth-order valence-electron chi connectivity index (χ4n) is 3.10. The van der Waals surface area contributed by atoms with Gasteiger partial charge >= 0.3 is 0 Å². The Morgan fingerprint density at radius 3 is 2.37 bits per heavy atom. The van der Waals surface area contributed by atoms with Gasteiger partial charge in [-0.2, -0.15) is 0 Å². The van der Waals surface area contributed by atoms with E-state index in [1.54, 1.807) is 0 Å². The zero-order valence-electron chi connectivity index (χ0n) is 13.0. The third-order valence-electron chi connectivity index (χ3n) is 4.39. The van der Waals surface area contributed by atoms with E-state index >= 15 is 0 Å². The van der Waals surface area contributed by atoms with Gasteiger partial charge in [0.2, 0.25) is 0 Å². The molecule has 0 spiro atoms. The molecule has 1 saturated carbocycles. The van der Waals surface area contributed by atoms with Gasteiger partial charge in [0.05, 0.1) is 0 Å². The first-order valence-corrected chi connectivity index (χ1v) is 7.79. The summed E-state index contributed by atoms with van der Waals surface area (Å²) in [5.41, 5.74) is 2.92. The highest BCUT2D eigenvalue weighted by molar-refractivity contribution is 5.45. The number of hydrogen-bond donors (Lipinski definition) is 1. The van der Waals surface area contributed by atoms with Crippen molar-refractivity contribution >= 4 is 5.69 Å². The van der Waals surface area contributed by atoms with Crippen molar-refractivity contribution in [2.24, 2.45) is 11.8 Å². The van der Waals surface area contributed by atoms with Crippen molar-refractivity contribution in [2.45, 2.75) is 58.8 Å². The minimum absolute atomic E-state index is 0.247. The van der Waals surface area contributed by atoms with E-state index in [2.05, 4.69) is 57.3 Å². The second-order valence-corrected chi connectivity index (χ2v) is 7.35. The highest BCUT2D eigenvalue weighted by atomic mass is 14.9. The Bertz CT molecular complexity index is 385. The van der Waals surface area contributed by atoms with Crippen molar-refractivity contribution in [3.05, 3.63) is 29.8 Å². The predicted molar refractivity (Wildman–Crippen MR) is 84.8 cm³/mol. The Morgan fingerprint density at radius 2 is 1.79 bits per heavy atom. The molecule has 0 bridgehead atoms. The molecule has 1 heteroatoms. The monoisotopic (exact) mass is 259 g/mol. The molecule has 1 aliphatic rings. The van der Waals surface area contributed by atoms with E-state index in [9.17, 15) is 0 Å². The molecule has 106 valence electrons. The van der Waals surface area contributed by atoms with Crippen molar-refractivity contribution in [2.75, 3.05) is 11.9 Å². The maximum Gasteiger partial charge on any atom is 0.0340 e. The van der Waals surface area contributed by atoms with Gasteiger partial charge in [-0.1, -0.05) is 52.7 Å². The maximum absolute atomic E-state index is 3.61. The summed E-state index contributed by atoms with van der Waals surface area (Å²) in [7, 11) is 0. The van der Waals surface area contributed by atoms with Gasteiger partial charge in [0.25, 0.3) is 0 Å². The summed E-state index contributed by atoms with van der Waals surface area (Å²) in [5.74, 6) is 1.79. The van der Waals surface area contributed by atoms with Crippen molar-refractivity contribution < 1.29 is 0 Å². The molecule has 0 aliphatic heterocycles. The van der Waals surface area contributed by atoms with E-state index in [-0.39, 0.29) is 5.41 Å². The Labute approximate surface area is 118 Å². The number of nitrogens with one attached hydrogen (secondary N) is 1. The first kappa shape index (κ1) is 14.4. The van der Waals surface area contributed by atoms with Crippen LogP contribution >= 0.6 is 0 Å². The van der Waals surface area contributed by atoms with E-state index in [1.165, 1.54) is 36.9 Å². The minimum atomic E-state index is 0.247. The van der Waals surface area contributed by atoms with E-state index < -0.39 is 0 Å². The van der Waals surface area contributed by atoms with Crippen LogP contribution in [0.2, 0.25) is 0 Å². The van der Waals surface area contributed by atoms with Crippen LogP contribution in [0.3, 0.4) is 0 Å². The molecule has 0 radical (unpaired) electrons. The van der Waals surface area contributed by atoms with Gasteiger partial charge in [0, 0.05) is 12.2 Å². The standard InChI is InChI=1S/C18H29N/c1-14-6-5-7-15(12-14)13-19-17-10-8-16(9-11-17)18(2,3)4/h8-11,14-15,19H,5-7,12-13H2,1-4H3. The van der Waals surface area contributed by atoms with Crippen LogP contribution in [-0.4, -0.2) is 6.54 Å². The average molecular weight is 259 g/mol. The predicted octanol–water partition coefficient (Wildman–Crippen LogP) is 5.22. The molecular weight excluding hydrogens is 230 g/mol. The topological polar surface area (TPSA) is 12.0 Å². The van der Waals surface area contributed by atoms with Gasteiger partial charge in [-0.3, -0.25) is 0 Å². The highest BCUT2D eigenvalue weighted by Crippen LogP contribution is 2.29. The normalized spacial score (nSPS) is 24.2. The fraction of sp³-hybridized carbons (Fsp3) is 0.667. The Hall–Kier alpha value is -0.980. The SMILES string of the molecule is CC1CCCC(CNc2ccc(C(C)(C)C)cc2)C1. The summed E-state index contributed by atoms with van der Waals surface area (Å²) >= 11 is 0. The van der Waals surface area contributed by atoms with E-state index in [0.29, 0.717) is 0 Å². The van der Waals surface area contributed by atoms with Crippen molar-refractivity contribution in [1.82, 2.24) is 0 Å². The molecule has 1 aromatic carbocycles. The van der Waals surface area contributed by atoms with Crippen molar-refractivity contribution in [3.8, 4) is 0 Å². The van der Waals surface area contributed by atoms with Gasteiger partial charge in [0.1, 0.15) is 0 Å². The molecule has 2 unspecified atom stereocenters. The number of anilines is 1. The van der Waals surface area contributed by atoms with E-state index in [4.69, 9.17) is 0 Å². The molecule has 1 nitrogen and oxygen atoms in total. The van der Waals surface area contributed by atoms with Gasteiger partial charge in [-0.15, -0.1) is 0 Å². The summed E-state index contributed by atoms with van der Waals surface area (Å²) in [6.07, 6.45) is 5.64. The molecule has 0 aromatic heterocycles. The Kier molecular flexibility index (Phi) is 4.54. The summed E-state index contributed by atoms with van der Waals surface area (Å²) in [5, 5.41) is 3.61. The van der Waals surface area contributed by atoms with E-state index in [0.717, 1.165) is 18.4 Å². The van der Waals surface area contributed by atoms with Gasteiger partial charge < -0.3 is 5.32 Å². The summed E-state index contributed by atoms with van der Waals surface area (Å²) in [6.45, 7) is 10.3. The molecule has 1 N–H and O–H groups in total. The molecular formula is C18H29N. The lowest BCUT2D eigenvalue weighted by Gasteiger charge is -2.27. The number of hydrogen-bond acceptors (Lipinski definition) is 1. The van der Waals surface area contributed by atoms with Crippen LogP contribution in [0, 0.1) is 11.8 Å². The molecule has 1 aromatic rings. The first-order valence-electron chi connectivity index (χ1n) is 7.79. The van der Waals surface area contributed by atoms with Gasteiger partial charge in [-0.05, 0) is 47.8 Å². The van der Waals surface area contributed by atoms with Crippen molar-refractivity contribution in [1.29, 1.82) is 0 Å². The molecule has 0 heterocycles. The van der Waals surface area contributed by atoms with Crippen LogP contribution in [0.25, 0.3) is 0 Å². The molecule has 2 rings (SSSR count). The minimum Gasteiger partial charge on any atom is -0.385 e. The second kappa shape index (κ2) is 5.98. The average Bonchev–Trinajstić information content (AvgIpc) is 2.36. The van der Waals surface area contributed by atoms with Crippen molar-refractivity contribution in [3.63, 3.8) is 0 Å². The highest BCUT2D eigenvalue weighted by Gasteiger charge is 2.18. The zero-order chi connectivity index (χ0) is 13.9. The smallest absolute Gasteiger partial charge is 0.0340 e. The van der Waals surface area contributed by atoms with Crippen LogP contribution in [0.15, 0.2) is 24.3 Å². The summed E-state index contributed by atoms with van der Waals surface area (Å²) < 4.78 is 0. The fourth-order valence-corrected chi connectivity index (χ4v) is 3.10. The maximum atomic E-state index is 3.61. The van der Waals surface area contributed by atoms with Gasteiger partial charge in [0.15, 0.2) is 0 Å². The first-order chi connectivity index (χ1) is 8.95. The van der Waals surface area contributed by atoms with Gasteiger partial charge in [-0.25, -0.2) is 0 Å². The molecule has 0 saturated heterocycles. The van der Waals surface area contributed by atoms with E-state index in [1.807, 2.05) is 0 Å². The summed E-state index contributed by atoms with van der Waals surface area (Å²) in [4.78, 5) is 0. The second-order valence-electron chi connectivity index (χ2n) is 7.35. The Morgan fingerprint density at radius 1 is 1.11 bits per heavy atom. The molecule has 2 atom stereocenters. The van der Waals surface area contributed by atoms with Crippen LogP contribution in [-0.2, 0) is 5.41 Å². The lowest BCUT2D eigenvalue weighted by atomic mass is 9.82. The summed E-state index contributed by atoms with van der Waals surface area (Å²) in [6, 6.07) is 8.97. The quantitative estimate of drug-likeness (QED) is 0.784. The number of benzene rings is 1. The lowest BCUT2D eigenvalue weighted by molar-refractivity contribution is 0.293. The molecule has 19 heavy (non-hydrogen) atoms. The zero-order valence-corrected chi connectivity index (χ0v) is 13.0. The van der Waals surface area contributed by atoms with Crippen LogP contribution in [0.4, 0.5) is 5.69 Å². The number of rotatable bonds is 3. The lowest BCUT2D eigenvalue weighted by Crippen LogP contribution is -2.21.